The highest BCUT2D eigenvalue weighted by Crippen LogP contribution is 2.24. The fourth-order valence-corrected chi connectivity index (χ4v) is 3.29. The van der Waals surface area contributed by atoms with Crippen molar-refractivity contribution < 1.29 is 9.21 Å². The third-order valence-corrected chi connectivity index (χ3v) is 4.58. The number of carbonyl (C=O) groups excluding carboxylic acids is 1. The number of carbonyl (C=O) groups is 1. The SMILES string of the molecule is NC(=O)N[C@@H](CCc1ccccc1)c1nccn1-c1ccc2occc2c1. The molecule has 136 valence electrons. The number of nitrogens with one attached hydrogen (secondary N) is 1. The average Bonchev–Trinajstić information content (AvgIpc) is 3.34. The first-order chi connectivity index (χ1) is 13.2. The van der Waals surface area contributed by atoms with Crippen LogP contribution < -0.4 is 11.1 Å². The van der Waals surface area contributed by atoms with Crippen molar-refractivity contribution in [2.75, 3.05) is 0 Å². The van der Waals surface area contributed by atoms with E-state index in [4.69, 9.17) is 10.2 Å². The number of nitrogens with zero attached hydrogens (tertiary/aromatic N) is 2. The van der Waals surface area contributed by atoms with E-state index in [1.54, 1.807) is 12.5 Å². The smallest absolute Gasteiger partial charge is 0.312 e. The van der Waals surface area contributed by atoms with E-state index in [-0.39, 0.29) is 6.04 Å². The lowest BCUT2D eigenvalue weighted by Gasteiger charge is -2.19. The van der Waals surface area contributed by atoms with Crippen molar-refractivity contribution in [2.24, 2.45) is 5.73 Å². The Bertz CT molecular complexity index is 1050. The Morgan fingerprint density at radius 3 is 2.85 bits per heavy atom. The number of aryl methyl sites for hydroxylation is 1. The number of hydrogen-bond acceptors (Lipinski definition) is 3. The van der Waals surface area contributed by atoms with Crippen LogP contribution in [0, 0.1) is 0 Å². The van der Waals surface area contributed by atoms with Crippen molar-refractivity contribution in [3.05, 3.63) is 84.6 Å². The van der Waals surface area contributed by atoms with Gasteiger partial charge in [-0.15, -0.1) is 0 Å². The summed E-state index contributed by atoms with van der Waals surface area (Å²) in [6.07, 6.45) is 6.78. The van der Waals surface area contributed by atoms with Crippen LogP contribution in [0.4, 0.5) is 4.79 Å². The largest absolute Gasteiger partial charge is 0.464 e. The van der Waals surface area contributed by atoms with Crippen LogP contribution in [0.2, 0.25) is 0 Å². The average molecular weight is 360 g/mol. The van der Waals surface area contributed by atoms with E-state index in [9.17, 15) is 4.79 Å². The molecule has 2 heterocycles. The van der Waals surface area contributed by atoms with Gasteiger partial charge in [0.05, 0.1) is 12.3 Å². The van der Waals surface area contributed by atoms with Crippen molar-refractivity contribution in [3.8, 4) is 5.69 Å². The zero-order chi connectivity index (χ0) is 18.6. The van der Waals surface area contributed by atoms with Crippen LogP contribution >= 0.6 is 0 Å². The van der Waals surface area contributed by atoms with Gasteiger partial charge in [0.15, 0.2) is 0 Å². The Hall–Kier alpha value is -3.54. The number of benzene rings is 2. The highest BCUT2D eigenvalue weighted by atomic mass is 16.3. The number of hydrogen-bond donors (Lipinski definition) is 2. The Labute approximate surface area is 156 Å². The predicted octanol–water partition coefficient (Wildman–Crippen LogP) is 3.96. The minimum absolute atomic E-state index is 0.294. The number of urea groups is 1. The summed E-state index contributed by atoms with van der Waals surface area (Å²) in [6.45, 7) is 0. The molecule has 2 aromatic carbocycles. The molecule has 0 bridgehead atoms. The number of aromatic nitrogens is 2. The number of furan rings is 1. The molecule has 0 aliphatic rings. The minimum Gasteiger partial charge on any atom is -0.464 e. The zero-order valence-electron chi connectivity index (χ0n) is 14.7. The molecule has 0 saturated carbocycles. The third-order valence-electron chi connectivity index (χ3n) is 4.58. The fourth-order valence-electron chi connectivity index (χ4n) is 3.29. The summed E-state index contributed by atoms with van der Waals surface area (Å²) in [7, 11) is 0. The summed E-state index contributed by atoms with van der Waals surface area (Å²) < 4.78 is 7.38. The topological polar surface area (TPSA) is 86.1 Å². The van der Waals surface area contributed by atoms with E-state index in [1.807, 2.05) is 53.2 Å². The molecule has 0 fully saturated rings. The maximum atomic E-state index is 11.6. The van der Waals surface area contributed by atoms with Gasteiger partial charge in [-0.05, 0) is 42.7 Å². The quantitative estimate of drug-likeness (QED) is 0.546. The van der Waals surface area contributed by atoms with E-state index in [1.165, 1.54) is 5.56 Å². The number of imidazole rings is 1. The predicted molar refractivity (Wildman–Crippen MR) is 104 cm³/mol. The van der Waals surface area contributed by atoms with Crippen LogP contribution in [0.3, 0.4) is 0 Å². The normalized spacial score (nSPS) is 12.1. The summed E-state index contributed by atoms with van der Waals surface area (Å²) in [5.74, 6) is 0.743. The lowest BCUT2D eigenvalue weighted by atomic mass is 10.0. The molecule has 6 heteroatoms. The summed E-state index contributed by atoms with van der Waals surface area (Å²) in [4.78, 5) is 16.1. The highest BCUT2D eigenvalue weighted by molar-refractivity contribution is 5.79. The fraction of sp³-hybridized carbons (Fsp3) is 0.143. The molecular formula is C21H20N4O2. The van der Waals surface area contributed by atoms with Crippen LogP contribution in [-0.2, 0) is 6.42 Å². The Morgan fingerprint density at radius 1 is 1.19 bits per heavy atom. The Balaban J connectivity index is 1.64. The van der Waals surface area contributed by atoms with Gasteiger partial charge in [-0.3, -0.25) is 0 Å². The van der Waals surface area contributed by atoms with E-state index in [0.29, 0.717) is 6.42 Å². The molecule has 4 aromatic rings. The van der Waals surface area contributed by atoms with Gasteiger partial charge in [-0.2, -0.15) is 0 Å². The second-order valence-electron chi connectivity index (χ2n) is 6.38. The van der Waals surface area contributed by atoms with Crippen LogP contribution in [0.5, 0.6) is 0 Å². The maximum absolute atomic E-state index is 11.6. The van der Waals surface area contributed by atoms with Gasteiger partial charge in [-0.25, -0.2) is 9.78 Å². The number of nitrogens with two attached hydrogens (primary N) is 1. The first kappa shape index (κ1) is 16.9. The minimum atomic E-state index is -0.562. The van der Waals surface area contributed by atoms with Crippen LogP contribution in [0.15, 0.2) is 77.7 Å². The summed E-state index contributed by atoms with van der Waals surface area (Å²) >= 11 is 0. The lowest BCUT2D eigenvalue weighted by molar-refractivity contribution is 0.244. The van der Waals surface area contributed by atoms with Gasteiger partial charge < -0.3 is 20.0 Å². The van der Waals surface area contributed by atoms with Gasteiger partial charge in [0, 0.05) is 23.5 Å². The van der Waals surface area contributed by atoms with E-state index < -0.39 is 6.03 Å². The van der Waals surface area contributed by atoms with Gasteiger partial charge in [0.1, 0.15) is 11.4 Å². The summed E-state index contributed by atoms with van der Waals surface area (Å²) in [5.41, 5.74) is 8.40. The molecule has 0 radical (unpaired) electrons. The second kappa shape index (κ2) is 7.37. The highest BCUT2D eigenvalue weighted by Gasteiger charge is 2.19. The molecule has 1 atom stereocenters. The Kier molecular flexibility index (Phi) is 4.61. The van der Waals surface area contributed by atoms with Crippen LogP contribution in [0.25, 0.3) is 16.7 Å². The van der Waals surface area contributed by atoms with Crippen LogP contribution in [-0.4, -0.2) is 15.6 Å². The molecule has 2 aromatic heterocycles. The standard InChI is InChI=1S/C21H20N4O2/c22-21(26)24-18(8-6-15-4-2-1-3-5-15)20-23-11-12-25(20)17-7-9-19-16(14-17)10-13-27-19/h1-5,7,9-14,18H,6,8H2,(H3,22,24,26)/t18-/m0/s1. The molecule has 0 unspecified atom stereocenters. The van der Waals surface area contributed by atoms with E-state index in [0.717, 1.165) is 28.9 Å². The van der Waals surface area contributed by atoms with Crippen LogP contribution in [0.1, 0.15) is 23.9 Å². The van der Waals surface area contributed by atoms with Gasteiger partial charge >= 0.3 is 6.03 Å². The molecule has 2 amide bonds. The monoisotopic (exact) mass is 360 g/mol. The van der Waals surface area contributed by atoms with E-state index >= 15 is 0 Å². The molecule has 6 nitrogen and oxygen atoms in total. The summed E-state index contributed by atoms with van der Waals surface area (Å²) in [6, 6.07) is 17.1. The Morgan fingerprint density at radius 2 is 2.04 bits per heavy atom. The molecule has 4 rings (SSSR count). The summed E-state index contributed by atoms with van der Waals surface area (Å²) in [5, 5.41) is 3.84. The number of rotatable bonds is 6. The molecular weight excluding hydrogens is 340 g/mol. The number of amides is 2. The van der Waals surface area contributed by atoms with Gasteiger partial charge in [0.25, 0.3) is 0 Å². The molecule has 0 aliphatic heterocycles. The second-order valence-corrected chi connectivity index (χ2v) is 6.38. The lowest BCUT2D eigenvalue weighted by Crippen LogP contribution is -2.34. The van der Waals surface area contributed by atoms with Crippen molar-refractivity contribution in [3.63, 3.8) is 0 Å². The molecule has 0 spiro atoms. The first-order valence-electron chi connectivity index (χ1n) is 8.81. The van der Waals surface area contributed by atoms with Crippen molar-refractivity contribution >= 4 is 17.0 Å². The van der Waals surface area contributed by atoms with Gasteiger partial charge in [-0.1, -0.05) is 30.3 Å². The number of fused-ring (bicyclic) bond motifs is 1. The molecule has 0 saturated heterocycles. The van der Waals surface area contributed by atoms with Crippen molar-refractivity contribution in [1.82, 2.24) is 14.9 Å². The number of primary amides is 1. The van der Waals surface area contributed by atoms with Gasteiger partial charge in [0.2, 0.25) is 0 Å². The van der Waals surface area contributed by atoms with Crippen molar-refractivity contribution in [1.29, 1.82) is 0 Å². The third kappa shape index (κ3) is 3.69. The van der Waals surface area contributed by atoms with E-state index in [2.05, 4.69) is 22.4 Å². The maximum Gasteiger partial charge on any atom is 0.312 e. The first-order valence-corrected chi connectivity index (χ1v) is 8.81. The molecule has 0 aliphatic carbocycles. The molecule has 27 heavy (non-hydrogen) atoms. The zero-order valence-corrected chi connectivity index (χ0v) is 14.7. The van der Waals surface area contributed by atoms with Crippen molar-refractivity contribution in [2.45, 2.75) is 18.9 Å². The molecule has 3 N–H and O–H groups in total.